The highest BCUT2D eigenvalue weighted by molar-refractivity contribution is 5.98. The van der Waals surface area contributed by atoms with Crippen LogP contribution in [0.4, 0.5) is 0 Å². The van der Waals surface area contributed by atoms with E-state index >= 15 is 0 Å². The van der Waals surface area contributed by atoms with Crippen molar-refractivity contribution in [2.45, 2.75) is 57.0 Å². The molecule has 1 atom stereocenters. The first kappa shape index (κ1) is 28.0. The molecule has 1 aliphatic heterocycles. The van der Waals surface area contributed by atoms with Gasteiger partial charge in [0.15, 0.2) is 5.69 Å². The van der Waals surface area contributed by atoms with E-state index in [1.165, 1.54) is 0 Å². The van der Waals surface area contributed by atoms with Crippen molar-refractivity contribution >= 4 is 17.8 Å². The number of nitrogens with zero attached hydrogens (tertiary/aromatic N) is 3. The van der Waals surface area contributed by atoms with Crippen molar-refractivity contribution in [3.05, 3.63) is 65.9 Å². The van der Waals surface area contributed by atoms with Crippen molar-refractivity contribution in [2.75, 3.05) is 14.2 Å². The standard InChI is InChI=1S/C29H36N8O4/c1-40-24-13-8-14-25(41-2)27(24)23-18-22(34-37(23)21-11-6-7-12-21)28(39)30-20(16-15-19-9-4-3-5-10-19)17-26(38)31-29-32-35-36-33-29/h3-5,8-10,13-14,18,20-21,35-36H,6-7,11-12,15-17H2,1-2H3,(H,30,39)(H2,31,32,33,38)/t20-/m0/s1. The summed E-state index contributed by atoms with van der Waals surface area (Å²) in [5.74, 6) is 0.910. The minimum Gasteiger partial charge on any atom is -0.496 e. The third kappa shape index (κ3) is 6.77. The first-order chi connectivity index (χ1) is 20.1. The molecule has 2 aliphatic rings. The molecule has 1 saturated carbocycles. The van der Waals surface area contributed by atoms with Crippen LogP contribution in [0.25, 0.3) is 11.3 Å². The fraction of sp³-hybridized carbons (Fsp3) is 0.379. The number of hydrogen-bond donors (Lipinski definition) is 5. The van der Waals surface area contributed by atoms with Crippen LogP contribution >= 0.6 is 0 Å². The topological polar surface area (TPSA) is 143 Å². The van der Waals surface area contributed by atoms with E-state index < -0.39 is 6.04 Å². The molecule has 1 fully saturated rings. The van der Waals surface area contributed by atoms with Crippen LogP contribution in [-0.4, -0.2) is 47.8 Å². The van der Waals surface area contributed by atoms with E-state index in [4.69, 9.17) is 14.6 Å². The van der Waals surface area contributed by atoms with Crippen molar-refractivity contribution < 1.29 is 19.1 Å². The zero-order valence-corrected chi connectivity index (χ0v) is 23.3. The third-order valence-corrected chi connectivity index (χ3v) is 7.38. The molecule has 3 aromatic rings. The Kier molecular flexibility index (Phi) is 8.99. The molecule has 0 radical (unpaired) electrons. The van der Waals surface area contributed by atoms with E-state index in [2.05, 4.69) is 32.2 Å². The second-order valence-electron chi connectivity index (χ2n) is 10.1. The van der Waals surface area contributed by atoms with Crippen LogP contribution in [0.5, 0.6) is 11.5 Å². The van der Waals surface area contributed by atoms with Gasteiger partial charge >= 0.3 is 0 Å². The molecule has 0 unspecified atom stereocenters. The number of guanidine groups is 1. The van der Waals surface area contributed by atoms with Crippen molar-refractivity contribution in [3.63, 3.8) is 0 Å². The van der Waals surface area contributed by atoms with Crippen LogP contribution in [0, 0.1) is 0 Å². The Morgan fingerprint density at radius 1 is 1.05 bits per heavy atom. The lowest BCUT2D eigenvalue weighted by Gasteiger charge is -2.18. The van der Waals surface area contributed by atoms with Crippen molar-refractivity contribution in [3.8, 4) is 22.8 Å². The zero-order chi connectivity index (χ0) is 28.6. The summed E-state index contributed by atoms with van der Waals surface area (Å²) in [6.07, 6.45) is 5.50. The predicted molar refractivity (Wildman–Crippen MR) is 154 cm³/mol. The minimum absolute atomic E-state index is 0.0653. The molecule has 2 amide bonds. The number of carbonyl (C=O) groups excluding carboxylic acids is 2. The monoisotopic (exact) mass is 560 g/mol. The van der Waals surface area contributed by atoms with Gasteiger partial charge in [-0.05, 0) is 49.4 Å². The van der Waals surface area contributed by atoms with Gasteiger partial charge in [0.1, 0.15) is 11.5 Å². The summed E-state index contributed by atoms with van der Waals surface area (Å²) < 4.78 is 13.3. The molecule has 41 heavy (non-hydrogen) atoms. The SMILES string of the molecule is COc1cccc(OC)c1-c1cc(C(=O)N[C@@H](CCc2ccccc2)CC(=O)NC2=NNNN2)nn1C1CCCC1. The van der Waals surface area contributed by atoms with Gasteiger partial charge in [-0.25, -0.2) is 5.53 Å². The quantitative estimate of drug-likeness (QED) is 0.241. The molecule has 1 aliphatic carbocycles. The van der Waals surface area contributed by atoms with E-state index in [1.54, 1.807) is 20.3 Å². The number of nitrogens with one attached hydrogen (secondary N) is 5. The smallest absolute Gasteiger partial charge is 0.272 e. The Labute approximate surface area is 238 Å². The molecular formula is C29H36N8O4. The molecule has 2 aromatic carbocycles. The Bertz CT molecular complexity index is 1360. The van der Waals surface area contributed by atoms with E-state index in [9.17, 15) is 9.59 Å². The van der Waals surface area contributed by atoms with Crippen LogP contribution < -0.4 is 36.6 Å². The maximum Gasteiger partial charge on any atom is 0.272 e. The number of rotatable bonds is 11. The maximum absolute atomic E-state index is 13.7. The number of ether oxygens (including phenoxy) is 2. The lowest BCUT2D eigenvalue weighted by Crippen LogP contribution is -2.46. The summed E-state index contributed by atoms with van der Waals surface area (Å²) in [5.41, 5.74) is 10.7. The lowest BCUT2D eigenvalue weighted by molar-refractivity contribution is -0.120. The molecule has 1 aromatic heterocycles. The Morgan fingerprint density at radius 3 is 2.44 bits per heavy atom. The summed E-state index contributed by atoms with van der Waals surface area (Å²) >= 11 is 0. The Morgan fingerprint density at radius 2 is 1.78 bits per heavy atom. The Hall–Kier alpha value is -4.58. The maximum atomic E-state index is 13.7. The highest BCUT2D eigenvalue weighted by Crippen LogP contribution is 2.41. The fourth-order valence-corrected chi connectivity index (χ4v) is 5.36. The van der Waals surface area contributed by atoms with E-state index in [0.717, 1.165) is 42.5 Å². The zero-order valence-electron chi connectivity index (χ0n) is 23.3. The molecular weight excluding hydrogens is 524 g/mol. The number of aryl methyl sites for hydroxylation is 1. The number of benzene rings is 2. The summed E-state index contributed by atoms with van der Waals surface area (Å²) in [7, 11) is 3.23. The van der Waals surface area contributed by atoms with Crippen LogP contribution in [-0.2, 0) is 11.2 Å². The number of hydrogen-bond acceptors (Lipinski definition) is 9. The first-order valence-corrected chi connectivity index (χ1v) is 13.8. The summed E-state index contributed by atoms with van der Waals surface area (Å²) in [6, 6.07) is 17.1. The largest absolute Gasteiger partial charge is 0.496 e. The second kappa shape index (κ2) is 13.2. The van der Waals surface area contributed by atoms with Gasteiger partial charge in [-0.2, -0.15) is 5.10 Å². The van der Waals surface area contributed by atoms with Crippen LogP contribution in [0.1, 0.15) is 60.6 Å². The molecule has 12 nitrogen and oxygen atoms in total. The summed E-state index contributed by atoms with van der Waals surface area (Å²) in [6.45, 7) is 0. The Balaban J connectivity index is 1.40. The fourth-order valence-electron chi connectivity index (χ4n) is 5.36. The van der Waals surface area contributed by atoms with E-state index in [1.807, 2.05) is 53.2 Å². The summed E-state index contributed by atoms with van der Waals surface area (Å²) in [4.78, 5) is 26.5. The van der Waals surface area contributed by atoms with Gasteiger partial charge in [0.2, 0.25) is 11.9 Å². The highest BCUT2D eigenvalue weighted by Gasteiger charge is 2.28. The van der Waals surface area contributed by atoms with Crippen molar-refractivity contribution in [1.82, 2.24) is 36.9 Å². The van der Waals surface area contributed by atoms with Gasteiger partial charge in [-0.3, -0.25) is 25.0 Å². The van der Waals surface area contributed by atoms with Crippen molar-refractivity contribution in [2.24, 2.45) is 5.10 Å². The molecule has 0 spiro atoms. The normalized spacial score (nSPS) is 15.4. The number of aromatic nitrogens is 2. The van der Waals surface area contributed by atoms with Gasteiger partial charge in [0, 0.05) is 12.5 Å². The van der Waals surface area contributed by atoms with E-state index in [0.29, 0.717) is 24.3 Å². The third-order valence-electron chi connectivity index (χ3n) is 7.38. The highest BCUT2D eigenvalue weighted by atomic mass is 16.5. The number of carbonyl (C=O) groups is 2. The van der Waals surface area contributed by atoms with E-state index in [-0.39, 0.29) is 35.9 Å². The molecule has 2 heterocycles. The first-order valence-electron chi connectivity index (χ1n) is 13.8. The molecule has 0 saturated heterocycles. The molecule has 0 bridgehead atoms. The molecule has 5 N–H and O–H groups in total. The molecule has 12 heteroatoms. The van der Waals surface area contributed by atoms with Crippen molar-refractivity contribution in [1.29, 1.82) is 0 Å². The molecule has 5 rings (SSSR count). The van der Waals surface area contributed by atoms with Gasteiger partial charge in [-0.1, -0.05) is 49.2 Å². The van der Waals surface area contributed by atoms with Gasteiger partial charge < -0.3 is 14.8 Å². The lowest BCUT2D eigenvalue weighted by atomic mass is 10.0. The second-order valence-corrected chi connectivity index (χ2v) is 10.1. The average molecular weight is 561 g/mol. The summed E-state index contributed by atoms with van der Waals surface area (Å²) in [5, 5.41) is 14.4. The molecule has 216 valence electrons. The predicted octanol–water partition coefficient (Wildman–Crippen LogP) is 2.80. The van der Waals surface area contributed by atoms with Crippen LogP contribution in [0.15, 0.2) is 59.7 Å². The van der Waals surface area contributed by atoms with Gasteiger partial charge in [0.05, 0.1) is 31.5 Å². The van der Waals surface area contributed by atoms with Gasteiger partial charge in [-0.15, -0.1) is 10.6 Å². The number of hydrazine groups is 2. The number of amides is 2. The van der Waals surface area contributed by atoms with Gasteiger partial charge in [0.25, 0.3) is 5.91 Å². The average Bonchev–Trinajstić information content (AvgIpc) is 3.78. The number of hydrazone groups is 1. The number of methoxy groups -OCH3 is 2. The minimum atomic E-state index is -0.438. The van der Waals surface area contributed by atoms with Crippen LogP contribution in [0.2, 0.25) is 0 Å². The van der Waals surface area contributed by atoms with Crippen LogP contribution in [0.3, 0.4) is 0 Å².